The molecule has 1 heterocycles. The van der Waals surface area contributed by atoms with Crippen molar-refractivity contribution >= 4 is 5.97 Å². The van der Waals surface area contributed by atoms with Crippen LogP contribution < -0.4 is 0 Å². The summed E-state index contributed by atoms with van der Waals surface area (Å²) in [7, 11) is 0. The van der Waals surface area contributed by atoms with Crippen molar-refractivity contribution in [2.75, 3.05) is 6.61 Å². The van der Waals surface area contributed by atoms with E-state index in [1.54, 1.807) is 13.8 Å². The van der Waals surface area contributed by atoms with Gasteiger partial charge in [0.15, 0.2) is 5.69 Å². The van der Waals surface area contributed by atoms with Gasteiger partial charge in [-0.25, -0.2) is 9.48 Å². The summed E-state index contributed by atoms with van der Waals surface area (Å²) < 4.78 is 6.40. The lowest BCUT2D eigenvalue weighted by molar-refractivity contribution is 0.0518. The maximum Gasteiger partial charge on any atom is 0.360 e. The summed E-state index contributed by atoms with van der Waals surface area (Å²) in [6, 6.07) is 9.27. The fourth-order valence-corrected chi connectivity index (χ4v) is 1.87. The van der Waals surface area contributed by atoms with Gasteiger partial charge in [0.1, 0.15) is 0 Å². The summed E-state index contributed by atoms with van der Waals surface area (Å²) >= 11 is 0. The van der Waals surface area contributed by atoms with Gasteiger partial charge in [0.2, 0.25) is 0 Å². The van der Waals surface area contributed by atoms with E-state index in [4.69, 9.17) is 4.74 Å². The highest BCUT2D eigenvalue weighted by Crippen LogP contribution is 2.16. The molecule has 2 aromatic rings. The molecule has 0 saturated carbocycles. The number of carbonyl (C=O) groups is 1. The fourth-order valence-electron chi connectivity index (χ4n) is 1.87. The van der Waals surface area contributed by atoms with Crippen molar-refractivity contribution in [2.45, 2.75) is 26.5 Å². The van der Waals surface area contributed by atoms with Crippen LogP contribution in [0.5, 0.6) is 0 Å². The minimum absolute atomic E-state index is 0.187. The molecule has 0 aliphatic rings. The second kappa shape index (κ2) is 6.29. The molecule has 0 spiro atoms. The number of rotatable bonds is 5. The minimum Gasteiger partial charge on any atom is -0.461 e. The van der Waals surface area contributed by atoms with Gasteiger partial charge >= 0.3 is 5.97 Å². The van der Waals surface area contributed by atoms with E-state index in [0.29, 0.717) is 5.69 Å². The third kappa shape index (κ3) is 3.03. The lowest BCUT2D eigenvalue weighted by atomic mass is 10.1. The van der Waals surface area contributed by atoms with Crippen LogP contribution >= 0.6 is 0 Å². The van der Waals surface area contributed by atoms with E-state index in [9.17, 15) is 9.90 Å². The zero-order valence-corrected chi connectivity index (χ0v) is 11.5. The molecule has 0 bridgehead atoms. The number of ether oxygens (including phenoxy) is 1. The highest BCUT2D eigenvalue weighted by atomic mass is 16.5. The van der Waals surface area contributed by atoms with Crippen molar-refractivity contribution in [3.8, 4) is 0 Å². The first-order valence-electron chi connectivity index (χ1n) is 6.43. The molecule has 106 valence electrons. The summed E-state index contributed by atoms with van der Waals surface area (Å²) in [5.74, 6) is -0.495. The highest BCUT2D eigenvalue weighted by molar-refractivity contribution is 5.88. The number of hydrogen-bond acceptors (Lipinski definition) is 5. The quantitative estimate of drug-likeness (QED) is 0.837. The normalized spacial score (nSPS) is 12.2. The number of aliphatic hydroxyl groups excluding tert-OH is 1. The molecule has 0 amide bonds. The molecule has 2 rings (SSSR count). The Balaban J connectivity index is 2.13. The van der Waals surface area contributed by atoms with Gasteiger partial charge in [-0.1, -0.05) is 35.5 Å². The van der Waals surface area contributed by atoms with Gasteiger partial charge in [-0.15, -0.1) is 5.10 Å². The van der Waals surface area contributed by atoms with Crippen LogP contribution in [-0.4, -0.2) is 32.7 Å². The Morgan fingerprint density at radius 2 is 2.10 bits per heavy atom. The first kappa shape index (κ1) is 14.2. The van der Waals surface area contributed by atoms with E-state index in [-0.39, 0.29) is 18.8 Å². The first-order chi connectivity index (χ1) is 9.63. The average Bonchev–Trinajstić information content (AvgIpc) is 2.81. The molecule has 20 heavy (non-hydrogen) atoms. The summed E-state index contributed by atoms with van der Waals surface area (Å²) in [6.45, 7) is 3.99. The number of aromatic nitrogens is 3. The van der Waals surface area contributed by atoms with E-state index >= 15 is 0 Å². The fraction of sp³-hybridized carbons (Fsp3) is 0.357. The predicted octanol–water partition coefficient (Wildman–Crippen LogP) is 1.50. The molecule has 0 aliphatic carbocycles. The van der Waals surface area contributed by atoms with Crippen molar-refractivity contribution in [2.24, 2.45) is 0 Å². The van der Waals surface area contributed by atoms with Crippen LogP contribution in [0.4, 0.5) is 0 Å². The summed E-state index contributed by atoms with van der Waals surface area (Å²) in [5.41, 5.74) is 1.56. The van der Waals surface area contributed by atoms with Gasteiger partial charge in [0.25, 0.3) is 0 Å². The third-order valence-corrected chi connectivity index (χ3v) is 2.98. The molecule has 0 fully saturated rings. The second-order valence-corrected chi connectivity index (χ2v) is 4.35. The van der Waals surface area contributed by atoms with Gasteiger partial charge in [-0.05, 0) is 19.4 Å². The zero-order chi connectivity index (χ0) is 14.5. The topological polar surface area (TPSA) is 77.2 Å². The van der Waals surface area contributed by atoms with Crippen molar-refractivity contribution in [3.05, 3.63) is 47.3 Å². The zero-order valence-electron chi connectivity index (χ0n) is 11.5. The summed E-state index contributed by atoms with van der Waals surface area (Å²) in [5, 5.41) is 17.8. The van der Waals surface area contributed by atoms with Gasteiger partial charge in [0.05, 0.1) is 24.9 Å². The number of aliphatic hydroxyl groups is 1. The van der Waals surface area contributed by atoms with Crippen LogP contribution in [0.3, 0.4) is 0 Å². The van der Waals surface area contributed by atoms with E-state index in [1.807, 2.05) is 30.3 Å². The van der Waals surface area contributed by atoms with E-state index in [2.05, 4.69) is 10.3 Å². The van der Waals surface area contributed by atoms with Crippen LogP contribution in [0.25, 0.3) is 0 Å². The van der Waals surface area contributed by atoms with Crippen molar-refractivity contribution < 1.29 is 14.6 Å². The molecule has 1 aromatic carbocycles. The lowest BCUT2D eigenvalue weighted by Crippen LogP contribution is -2.12. The van der Waals surface area contributed by atoms with Crippen LogP contribution in [0.2, 0.25) is 0 Å². The van der Waals surface area contributed by atoms with Crippen molar-refractivity contribution in [3.63, 3.8) is 0 Å². The van der Waals surface area contributed by atoms with E-state index < -0.39 is 12.1 Å². The van der Waals surface area contributed by atoms with Crippen LogP contribution in [0.1, 0.15) is 34.8 Å². The van der Waals surface area contributed by atoms with Crippen LogP contribution in [0.15, 0.2) is 30.3 Å². The summed E-state index contributed by atoms with van der Waals surface area (Å²) in [6.07, 6.45) is -0.702. The van der Waals surface area contributed by atoms with Gasteiger partial charge in [-0.3, -0.25) is 0 Å². The van der Waals surface area contributed by atoms with Crippen molar-refractivity contribution in [1.29, 1.82) is 0 Å². The lowest BCUT2D eigenvalue weighted by Gasteiger charge is -2.11. The van der Waals surface area contributed by atoms with Gasteiger partial charge in [-0.2, -0.15) is 0 Å². The number of carbonyl (C=O) groups excluding carboxylic acids is 1. The Labute approximate surface area is 117 Å². The molecule has 1 aromatic heterocycles. The van der Waals surface area contributed by atoms with Gasteiger partial charge in [0, 0.05) is 0 Å². The third-order valence-electron chi connectivity index (χ3n) is 2.98. The molecule has 1 N–H and O–H groups in total. The predicted molar refractivity (Wildman–Crippen MR) is 72.1 cm³/mol. The van der Waals surface area contributed by atoms with E-state index in [0.717, 1.165) is 5.56 Å². The molecule has 1 unspecified atom stereocenters. The Hall–Kier alpha value is -2.21. The molecule has 1 atom stereocenters. The SMILES string of the molecule is CCOC(=O)c1nnn(CC(O)c2ccccc2)c1C. The monoisotopic (exact) mass is 275 g/mol. The minimum atomic E-state index is -0.702. The second-order valence-electron chi connectivity index (χ2n) is 4.35. The maximum atomic E-state index is 11.6. The molecule has 0 saturated heterocycles. The summed E-state index contributed by atoms with van der Waals surface area (Å²) in [4.78, 5) is 11.6. The van der Waals surface area contributed by atoms with Crippen LogP contribution in [0, 0.1) is 6.92 Å². The number of nitrogens with zero attached hydrogens (tertiary/aromatic N) is 3. The molecule has 0 radical (unpaired) electrons. The molecule has 0 aliphatic heterocycles. The number of esters is 1. The van der Waals surface area contributed by atoms with Crippen molar-refractivity contribution in [1.82, 2.24) is 15.0 Å². The standard InChI is InChI=1S/C14H17N3O3/c1-3-20-14(19)13-10(2)17(16-15-13)9-12(18)11-7-5-4-6-8-11/h4-8,12,18H,3,9H2,1-2H3. The molecule has 6 nitrogen and oxygen atoms in total. The Morgan fingerprint density at radius 1 is 1.40 bits per heavy atom. The largest absolute Gasteiger partial charge is 0.461 e. The number of benzene rings is 1. The Kier molecular flexibility index (Phi) is 4.47. The van der Waals surface area contributed by atoms with Crippen LogP contribution in [-0.2, 0) is 11.3 Å². The Bertz CT molecular complexity index is 581. The number of hydrogen-bond donors (Lipinski definition) is 1. The molecule has 6 heteroatoms. The maximum absolute atomic E-state index is 11.6. The molecular formula is C14H17N3O3. The first-order valence-corrected chi connectivity index (χ1v) is 6.43. The highest BCUT2D eigenvalue weighted by Gasteiger charge is 2.19. The smallest absolute Gasteiger partial charge is 0.360 e. The van der Waals surface area contributed by atoms with E-state index in [1.165, 1.54) is 4.68 Å². The Morgan fingerprint density at radius 3 is 2.75 bits per heavy atom. The van der Waals surface area contributed by atoms with Gasteiger partial charge < -0.3 is 9.84 Å². The average molecular weight is 275 g/mol. The molecular weight excluding hydrogens is 258 g/mol.